The zero-order chi connectivity index (χ0) is 21.7. The predicted octanol–water partition coefficient (Wildman–Crippen LogP) is 5.71. The molecule has 0 fully saturated rings. The van der Waals surface area contributed by atoms with Crippen LogP contribution in [0.1, 0.15) is 15.2 Å². The maximum absolute atomic E-state index is 12.6. The van der Waals surface area contributed by atoms with Gasteiger partial charge in [-0.05, 0) is 37.3 Å². The van der Waals surface area contributed by atoms with Crippen molar-refractivity contribution >= 4 is 48.9 Å². The van der Waals surface area contributed by atoms with Crippen molar-refractivity contribution in [2.24, 2.45) is 7.05 Å². The predicted molar refractivity (Wildman–Crippen MR) is 126 cm³/mol. The minimum atomic E-state index is 0.0227. The Bertz CT molecular complexity index is 1440. The van der Waals surface area contributed by atoms with Crippen LogP contribution < -0.4 is 4.74 Å². The minimum absolute atomic E-state index is 0.0227. The number of nitrogens with zero attached hydrogens (tertiary/aromatic N) is 4. The average Bonchev–Trinajstić information content (AvgIpc) is 3.43. The fourth-order valence-electron chi connectivity index (χ4n) is 3.62. The summed E-state index contributed by atoms with van der Waals surface area (Å²) >= 11 is 3.25. The van der Waals surface area contributed by atoms with Crippen LogP contribution in [-0.2, 0) is 7.05 Å². The maximum atomic E-state index is 12.6. The molecule has 5 rings (SSSR count). The third-order valence-electron chi connectivity index (χ3n) is 5.13. The van der Waals surface area contributed by atoms with Crippen molar-refractivity contribution in [2.75, 3.05) is 14.1 Å². The number of hydrogen-bond donors (Lipinski definition) is 0. The second-order valence-corrected chi connectivity index (χ2v) is 9.78. The van der Waals surface area contributed by atoms with Gasteiger partial charge in [0.25, 0.3) is 5.91 Å². The molecule has 31 heavy (non-hydrogen) atoms. The van der Waals surface area contributed by atoms with Crippen molar-refractivity contribution < 1.29 is 9.53 Å². The van der Waals surface area contributed by atoms with Crippen LogP contribution in [0.4, 0.5) is 0 Å². The highest BCUT2D eigenvalue weighted by molar-refractivity contribution is 7.22. The Kier molecular flexibility index (Phi) is 4.75. The lowest BCUT2D eigenvalue weighted by Crippen LogP contribution is -2.21. The van der Waals surface area contributed by atoms with Crippen LogP contribution in [-0.4, -0.2) is 39.7 Å². The van der Waals surface area contributed by atoms with Gasteiger partial charge in [0.1, 0.15) is 11.5 Å². The van der Waals surface area contributed by atoms with Gasteiger partial charge >= 0.3 is 0 Å². The van der Waals surface area contributed by atoms with E-state index >= 15 is 0 Å². The number of aromatic nitrogens is 3. The Morgan fingerprint density at radius 1 is 1.10 bits per heavy atom. The summed E-state index contributed by atoms with van der Waals surface area (Å²) in [6, 6.07) is 11.8. The first-order chi connectivity index (χ1) is 14.9. The smallest absolute Gasteiger partial charge is 0.255 e. The number of carbonyl (C=O) groups excluding carboxylic acids is 1. The van der Waals surface area contributed by atoms with E-state index in [9.17, 15) is 4.79 Å². The summed E-state index contributed by atoms with van der Waals surface area (Å²) in [6.45, 7) is 1.99. The highest BCUT2D eigenvalue weighted by atomic mass is 32.1. The van der Waals surface area contributed by atoms with E-state index in [0.717, 1.165) is 52.8 Å². The Hall–Kier alpha value is -3.23. The van der Waals surface area contributed by atoms with E-state index in [2.05, 4.69) is 16.1 Å². The molecular formula is C23H20N4O2S2. The summed E-state index contributed by atoms with van der Waals surface area (Å²) in [5, 5.41) is 5.22. The zero-order valence-corrected chi connectivity index (χ0v) is 19.2. The van der Waals surface area contributed by atoms with Gasteiger partial charge in [-0.25, -0.2) is 0 Å². The molecule has 6 nitrogen and oxygen atoms in total. The molecule has 0 bridgehead atoms. The van der Waals surface area contributed by atoms with E-state index in [0.29, 0.717) is 0 Å². The molecule has 0 aliphatic heterocycles. The van der Waals surface area contributed by atoms with E-state index in [1.54, 1.807) is 54.1 Å². The average molecular weight is 449 g/mol. The summed E-state index contributed by atoms with van der Waals surface area (Å²) in [5.74, 6) is 1.52. The van der Waals surface area contributed by atoms with Crippen molar-refractivity contribution in [3.8, 4) is 22.1 Å². The van der Waals surface area contributed by atoms with Crippen LogP contribution in [0.5, 0.6) is 11.5 Å². The minimum Gasteiger partial charge on any atom is -0.456 e. The second kappa shape index (κ2) is 7.47. The molecule has 0 N–H and O–H groups in total. The molecular weight excluding hydrogens is 428 g/mol. The van der Waals surface area contributed by atoms with Crippen molar-refractivity contribution in [3.05, 3.63) is 59.2 Å². The standard InChI is InChI=1S/C23H20N4O2S2/c1-13-21(23(28)26(2)3)15-6-5-14(11-19(15)30-13)29-18-8-9-24-16-12-20(31-22(16)18)17-7-10-25-27(17)4/h5-12H,1-4H3. The zero-order valence-electron chi connectivity index (χ0n) is 17.5. The fraction of sp³-hybridized carbons (Fsp3) is 0.174. The van der Waals surface area contributed by atoms with Crippen LogP contribution in [0.2, 0.25) is 0 Å². The van der Waals surface area contributed by atoms with Crippen LogP contribution >= 0.6 is 22.7 Å². The van der Waals surface area contributed by atoms with Crippen LogP contribution in [0.3, 0.4) is 0 Å². The third-order valence-corrected chi connectivity index (χ3v) is 7.36. The number of fused-ring (bicyclic) bond motifs is 2. The monoisotopic (exact) mass is 448 g/mol. The van der Waals surface area contributed by atoms with Crippen molar-refractivity contribution in [1.29, 1.82) is 0 Å². The van der Waals surface area contributed by atoms with Gasteiger partial charge < -0.3 is 9.64 Å². The molecule has 0 saturated carbocycles. The summed E-state index contributed by atoms with van der Waals surface area (Å²) in [6.07, 6.45) is 3.55. The number of aryl methyl sites for hydroxylation is 2. The van der Waals surface area contributed by atoms with Gasteiger partial charge in [0.15, 0.2) is 0 Å². The van der Waals surface area contributed by atoms with E-state index in [-0.39, 0.29) is 5.91 Å². The molecule has 4 heterocycles. The molecule has 8 heteroatoms. The summed E-state index contributed by atoms with van der Waals surface area (Å²) in [4.78, 5) is 20.8. The number of thiophene rings is 2. The highest BCUT2D eigenvalue weighted by Crippen LogP contribution is 2.40. The van der Waals surface area contributed by atoms with Gasteiger partial charge in [-0.1, -0.05) is 0 Å². The molecule has 1 amide bonds. The molecule has 0 aliphatic carbocycles. The first-order valence-electron chi connectivity index (χ1n) is 9.72. The topological polar surface area (TPSA) is 60.3 Å². The van der Waals surface area contributed by atoms with Crippen LogP contribution in [0.25, 0.3) is 30.9 Å². The Labute approximate surface area is 187 Å². The maximum Gasteiger partial charge on any atom is 0.255 e. The Morgan fingerprint density at radius 3 is 2.68 bits per heavy atom. The number of rotatable bonds is 4. The molecule has 0 unspecified atom stereocenters. The normalized spacial score (nSPS) is 11.4. The summed E-state index contributed by atoms with van der Waals surface area (Å²) < 4.78 is 10.2. The second-order valence-electron chi connectivity index (χ2n) is 7.47. The fourth-order valence-corrected chi connectivity index (χ4v) is 5.82. The molecule has 0 aliphatic rings. The van der Waals surface area contributed by atoms with Gasteiger partial charge in [0, 0.05) is 54.6 Å². The first kappa shape index (κ1) is 19.7. The molecule has 0 spiro atoms. The molecule has 1 aromatic carbocycles. The van der Waals surface area contributed by atoms with E-state index in [4.69, 9.17) is 4.74 Å². The SMILES string of the molecule is Cc1sc2cc(Oc3ccnc4cc(-c5ccnn5C)sc34)ccc2c1C(=O)N(C)C. The van der Waals surface area contributed by atoms with Crippen molar-refractivity contribution in [1.82, 2.24) is 19.7 Å². The quantitative estimate of drug-likeness (QED) is 0.353. The lowest BCUT2D eigenvalue weighted by Gasteiger charge is -2.10. The van der Waals surface area contributed by atoms with Gasteiger partial charge in [-0.2, -0.15) is 5.10 Å². The van der Waals surface area contributed by atoms with Gasteiger partial charge in [0.2, 0.25) is 0 Å². The van der Waals surface area contributed by atoms with Crippen molar-refractivity contribution in [3.63, 3.8) is 0 Å². The summed E-state index contributed by atoms with van der Waals surface area (Å²) in [7, 11) is 5.48. The number of hydrogen-bond acceptors (Lipinski definition) is 6. The Morgan fingerprint density at radius 2 is 1.94 bits per heavy atom. The van der Waals surface area contributed by atoms with Gasteiger partial charge in [0.05, 0.1) is 26.4 Å². The first-order valence-corrected chi connectivity index (χ1v) is 11.4. The lowest BCUT2D eigenvalue weighted by atomic mass is 10.1. The molecule has 0 atom stereocenters. The largest absolute Gasteiger partial charge is 0.456 e. The molecule has 0 saturated heterocycles. The van der Waals surface area contributed by atoms with Crippen LogP contribution in [0, 0.1) is 6.92 Å². The highest BCUT2D eigenvalue weighted by Gasteiger charge is 2.19. The van der Waals surface area contributed by atoms with Crippen LogP contribution in [0.15, 0.2) is 48.8 Å². The van der Waals surface area contributed by atoms with E-state index in [1.807, 2.05) is 49.0 Å². The number of amides is 1. The number of benzene rings is 1. The molecule has 4 aromatic heterocycles. The van der Waals surface area contributed by atoms with Gasteiger partial charge in [-0.3, -0.25) is 14.5 Å². The van der Waals surface area contributed by atoms with E-state index < -0.39 is 0 Å². The number of carbonyl (C=O) groups is 1. The van der Waals surface area contributed by atoms with Gasteiger partial charge in [-0.15, -0.1) is 22.7 Å². The number of pyridine rings is 1. The van der Waals surface area contributed by atoms with E-state index in [1.165, 1.54) is 0 Å². The third kappa shape index (κ3) is 3.37. The van der Waals surface area contributed by atoms with Crippen molar-refractivity contribution in [2.45, 2.75) is 6.92 Å². The molecule has 156 valence electrons. The number of ether oxygens (including phenoxy) is 1. The lowest BCUT2D eigenvalue weighted by molar-refractivity contribution is 0.0829. The molecule has 0 radical (unpaired) electrons. The Balaban J connectivity index is 1.53. The summed E-state index contributed by atoms with van der Waals surface area (Å²) in [5.41, 5.74) is 2.70. The molecule has 5 aromatic rings.